The van der Waals surface area contributed by atoms with Gasteiger partial charge in [-0.3, -0.25) is 4.79 Å². The van der Waals surface area contributed by atoms with Gasteiger partial charge in [-0.25, -0.2) is 9.78 Å². The molecule has 2 aromatic rings. The number of aromatic amines is 1. The van der Waals surface area contributed by atoms with E-state index in [2.05, 4.69) is 15.3 Å². The number of H-pyrrole nitrogens is 1. The van der Waals surface area contributed by atoms with Crippen LogP contribution in [0, 0.1) is 5.92 Å². The van der Waals surface area contributed by atoms with Gasteiger partial charge in [0.2, 0.25) is 0 Å². The van der Waals surface area contributed by atoms with Gasteiger partial charge in [0, 0.05) is 5.69 Å². The standard InChI is InChI=1S/C15H18N4O3/c1-9(2)7-22-15(21)10-3-5-11(6-4-10)19-13-12(16)14(20)18-8-17-13/h3-6,8-9H,7,16H2,1-2H3,(H2,17,18,19,20). The van der Waals surface area contributed by atoms with Crippen molar-refractivity contribution in [2.45, 2.75) is 13.8 Å². The van der Waals surface area contributed by atoms with Crippen molar-refractivity contribution in [3.05, 3.63) is 46.5 Å². The lowest BCUT2D eigenvalue weighted by atomic mass is 10.2. The Morgan fingerprint density at radius 3 is 2.68 bits per heavy atom. The van der Waals surface area contributed by atoms with Crippen molar-refractivity contribution < 1.29 is 9.53 Å². The Bertz CT molecular complexity index is 707. The number of nitrogen functional groups attached to an aromatic ring is 1. The third kappa shape index (κ3) is 3.85. The van der Waals surface area contributed by atoms with Gasteiger partial charge in [0.1, 0.15) is 5.69 Å². The summed E-state index contributed by atoms with van der Waals surface area (Å²) < 4.78 is 5.15. The SMILES string of the molecule is CC(C)COC(=O)c1ccc(Nc2nc[nH]c(=O)c2N)cc1. The Hall–Kier alpha value is -2.83. The maximum absolute atomic E-state index is 11.8. The molecule has 0 spiro atoms. The molecule has 0 saturated heterocycles. The molecule has 0 bridgehead atoms. The van der Waals surface area contributed by atoms with Gasteiger partial charge >= 0.3 is 5.97 Å². The van der Waals surface area contributed by atoms with Crippen LogP contribution in [0.1, 0.15) is 24.2 Å². The molecule has 0 aliphatic carbocycles. The first-order valence-electron chi connectivity index (χ1n) is 6.84. The van der Waals surface area contributed by atoms with Crippen molar-refractivity contribution in [1.82, 2.24) is 9.97 Å². The highest BCUT2D eigenvalue weighted by Crippen LogP contribution is 2.18. The van der Waals surface area contributed by atoms with E-state index in [0.717, 1.165) is 0 Å². The fourth-order valence-corrected chi connectivity index (χ4v) is 1.66. The van der Waals surface area contributed by atoms with Crippen LogP contribution in [0.25, 0.3) is 0 Å². The number of nitrogens with two attached hydrogens (primary N) is 1. The Kier molecular flexibility index (Phi) is 4.77. The number of esters is 1. The zero-order valence-electron chi connectivity index (χ0n) is 12.4. The van der Waals surface area contributed by atoms with Gasteiger partial charge in [0.05, 0.1) is 18.5 Å². The smallest absolute Gasteiger partial charge is 0.338 e. The third-order valence-electron chi connectivity index (χ3n) is 2.82. The fourth-order valence-electron chi connectivity index (χ4n) is 1.66. The van der Waals surface area contributed by atoms with E-state index in [4.69, 9.17) is 10.5 Å². The molecule has 0 radical (unpaired) electrons. The van der Waals surface area contributed by atoms with E-state index in [9.17, 15) is 9.59 Å². The number of hydrogen-bond acceptors (Lipinski definition) is 6. The molecule has 116 valence electrons. The Balaban J connectivity index is 2.07. The van der Waals surface area contributed by atoms with E-state index in [0.29, 0.717) is 17.9 Å². The Morgan fingerprint density at radius 2 is 2.05 bits per heavy atom. The predicted octanol–water partition coefficient (Wildman–Crippen LogP) is 1.91. The number of anilines is 3. The minimum atomic E-state index is -0.411. The molecule has 0 aliphatic heterocycles. The van der Waals surface area contributed by atoms with Gasteiger partial charge in [-0.2, -0.15) is 0 Å². The third-order valence-corrected chi connectivity index (χ3v) is 2.82. The second-order valence-electron chi connectivity index (χ2n) is 5.19. The highest BCUT2D eigenvalue weighted by atomic mass is 16.5. The molecular weight excluding hydrogens is 284 g/mol. The predicted molar refractivity (Wildman–Crippen MR) is 84.1 cm³/mol. The first-order chi connectivity index (χ1) is 10.5. The average Bonchev–Trinajstić information content (AvgIpc) is 2.50. The minimum Gasteiger partial charge on any atom is -0.462 e. The highest BCUT2D eigenvalue weighted by molar-refractivity contribution is 5.90. The molecule has 0 fully saturated rings. The molecule has 0 unspecified atom stereocenters. The summed E-state index contributed by atoms with van der Waals surface area (Å²) in [4.78, 5) is 29.5. The summed E-state index contributed by atoms with van der Waals surface area (Å²) >= 11 is 0. The van der Waals surface area contributed by atoms with Crippen LogP contribution >= 0.6 is 0 Å². The Morgan fingerprint density at radius 1 is 1.36 bits per heavy atom. The van der Waals surface area contributed by atoms with Crippen LogP contribution in [0.4, 0.5) is 17.2 Å². The number of nitrogens with zero attached hydrogens (tertiary/aromatic N) is 1. The first kappa shape index (κ1) is 15.6. The van der Waals surface area contributed by atoms with Crippen LogP contribution in [0.2, 0.25) is 0 Å². The molecule has 1 aromatic carbocycles. The number of rotatable bonds is 5. The van der Waals surface area contributed by atoms with Gasteiger partial charge in [-0.15, -0.1) is 0 Å². The second kappa shape index (κ2) is 6.75. The molecule has 0 atom stereocenters. The number of hydrogen-bond donors (Lipinski definition) is 3. The summed E-state index contributed by atoms with van der Waals surface area (Å²) in [5, 5.41) is 2.92. The zero-order valence-corrected chi connectivity index (χ0v) is 12.4. The van der Waals surface area contributed by atoms with Crippen molar-refractivity contribution in [3.63, 3.8) is 0 Å². The molecule has 2 rings (SSSR count). The summed E-state index contributed by atoms with van der Waals surface area (Å²) in [7, 11) is 0. The number of benzene rings is 1. The van der Waals surface area contributed by atoms with Gasteiger partial charge in [0.25, 0.3) is 5.56 Å². The largest absolute Gasteiger partial charge is 0.462 e. The monoisotopic (exact) mass is 302 g/mol. The van der Waals surface area contributed by atoms with Crippen molar-refractivity contribution in [2.24, 2.45) is 5.92 Å². The average molecular weight is 302 g/mol. The number of carbonyl (C=O) groups excluding carboxylic acids is 1. The highest BCUT2D eigenvalue weighted by Gasteiger charge is 2.09. The molecule has 4 N–H and O–H groups in total. The number of aromatic nitrogens is 2. The lowest BCUT2D eigenvalue weighted by Crippen LogP contribution is -2.14. The number of ether oxygens (including phenoxy) is 1. The van der Waals surface area contributed by atoms with Crippen molar-refractivity contribution >= 4 is 23.2 Å². The summed E-state index contributed by atoms with van der Waals surface area (Å²) in [6.45, 7) is 4.32. The molecule has 0 aliphatic rings. The van der Waals surface area contributed by atoms with Crippen molar-refractivity contribution in [1.29, 1.82) is 0 Å². The van der Waals surface area contributed by atoms with E-state index >= 15 is 0 Å². The lowest BCUT2D eigenvalue weighted by molar-refractivity contribution is 0.0459. The summed E-state index contributed by atoms with van der Waals surface area (Å²) in [5.74, 6) is 0.183. The topological polar surface area (TPSA) is 110 Å². The van der Waals surface area contributed by atoms with Crippen LogP contribution < -0.4 is 16.6 Å². The van der Waals surface area contributed by atoms with Crippen molar-refractivity contribution in [3.8, 4) is 0 Å². The fraction of sp³-hybridized carbons (Fsp3) is 0.267. The van der Waals surface area contributed by atoms with E-state index in [1.807, 2.05) is 13.8 Å². The van der Waals surface area contributed by atoms with Crippen LogP contribution in [-0.2, 0) is 4.74 Å². The second-order valence-corrected chi connectivity index (χ2v) is 5.19. The van der Waals surface area contributed by atoms with Crippen LogP contribution in [0.3, 0.4) is 0 Å². The minimum absolute atomic E-state index is 0.00270. The quantitative estimate of drug-likeness (QED) is 0.728. The van der Waals surface area contributed by atoms with Crippen LogP contribution in [0.5, 0.6) is 0 Å². The van der Waals surface area contributed by atoms with Gasteiger partial charge in [-0.05, 0) is 30.2 Å². The van der Waals surface area contributed by atoms with Gasteiger partial charge in [0.15, 0.2) is 5.82 Å². The van der Waals surface area contributed by atoms with E-state index < -0.39 is 5.56 Å². The number of carbonyl (C=O) groups is 1. The molecule has 0 saturated carbocycles. The molecular formula is C15H18N4O3. The molecule has 0 amide bonds. The maximum Gasteiger partial charge on any atom is 0.338 e. The Labute approximate surface area is 127 Å². The molecule has 1 aromatic heterocycles. The zero-order chi connectivity index (χ0) is 16.1. The maximum atomic E-state index is 11.8. The number of nitrogens with one attached hydrogen (secondary N) is 2. The normalized spacial score (nSPS) is 10.5. The van der Waals surface area contributed by atoms with Crippen LogP contribution in [-0.4, -0.2) is 22.5 Å². The van der Waals surface area contributed by atoms with Crippen LogP contribution in [0.15, 0.2) is 35.4 Å². The molecule has 22 heavy (non-hydrogen) atoms. The summed E-state index contributed by atoms with van der Waals surface area (Å²) in [6, 6.07) is 6.64. The first-order valence-corrected chi connectivity index (χ1v) is 6.84. The lowest BCUT2D eigenvalue weighted by Gasteiger charge is -2.09. The van der Waals surface area contributed by atoms with Crippen molar-refractivity contribution in [2.75, 3.05) is 17.7 Å². The molecule has 1 heterocycles. The summed E-state index contributed by atoms with van der Waals surface area (Å²) in [5.41, 5.74) is 6.34. The van der Waals surface area contributed by atoms with Gasteiger partial charge in [-0.1, -0.05) is 13.8 Å². The van der Waals surface area contributed by atoms with E-state index in [1.165, 1.54) is 6.33 Å². The summed E-state index contributed by atoms with van der Waals surface area (Å²) in [6.07, 6.45) is 1.26. The van der Waals surface area contributed by atoms with E-state index in [1.54, 1.807) is 24.3 Å². The molecule has 7 heteroatoms. The van der Waals surface area contributed by atoms with E-state index in [-0.39, 0.29) is 23.4 Å². The molecule has 7 nitrogen and oxygen atoms in total. The van der Waals surface area contributed by atoms with Gasteiger partial charge < -0.3 is 20.8 Å².